The number of rotatable bonds is 8. The minimum atomic E-state index is -0.385. The molecule has 0 fully saturated rings. The molecule has 0 aliphatic heterocycles. The number of halogens is 1. The van der Waals surface area contributed by atoms with Crippen molar-refractivity contribution in [3.63, 3.8) is 0 Å². The van der Waals surface area contributed by atoms with E-state index in [-0.39, 0.29) is 11.7 Å². The first kappa shape index (κ1) is 17.4. The molecule has 1 aromatic carbocycles. The van der Waals surface area contributed by atoms with Crippen molar-refractivity contribution in [1.82, 2.24) is 4.90 Å². The zero-order valence-electron chi connectivity index (χ0n) is 13.1. The monoisotopic (exact) mass is 295 g/mol. The maximum absolute atomic E-state index is 13.4. The first-order valence-corrected chi connectivity index (χ1v) is 7.53. The normalized spacial score (nSPS) is 13.7. The van der Waals surface area contributed by atoms with E-state index < -0.39 is 0 Å². The summed E-state index contributed by atoms with van der Waals surface area (Å²) in [4.78, 5) is 2.35. The number of hydrogen-bond acceptors (Lipinski definition) is 3. The third-order valence-electron chi connectivity index (χ3n) is 3.84. The van der Waals surface area contributed by atoms with Crippen LogP contribution in [0.1, 0.15) is 51.2 Å². The van der Waals surface area contributed by atoms with Gasteiger partial charge in [0.2, 0.25) is 0 Å². The Kier molecular flexibility index (Phi) is 7.15. The topological polar surface area (TPSA) is 61.8 Å². The molecular weight excluding hydrogens is 269 g/mol. The Bertz CT molecular complexity index is 477. The molecule has 5 heteroatoms. The van der Waals surface area contributed by atoms with Gasteiger partial charge < -0.3 is 10.9 Å². The summed E-state index contributed by atoms with van der Waals surface area (Å²) in [6.07, 6.45) is 3.29. The molecule has 0 amide bonds. The van der Waals surface area contributed by atoms with Gasteiger partial charge in [-0.05, 0) is 44.0 Å². The smallest absolute Gasteiger partial charge is 0.170 e. The van der Waals surface area contributed by atoms with Crippen LogP contribution in [0.4, 0.5) is 4.39 Å². The molecule has 1 atom stereocenters. The van der Waals surface area contributed by atoms with E-state index in [0.717, 1.165) is 31.4 Å². The van der Waals surface area contributed by atoms with Gasteiger partial charge in [-0.3, -0.25) is 4.90 Å². The fourth-order valence-corrected chi connectivity index (χ4v) is 2.27. The van der Waals surface area contributed by atoms with Gasteiger partial charge in [0, 0.05) is 18.2 Å². The molecule has 0 aliphatic rings. The van der Waals surface area contributed by atoms with E-state index >= 15 is 0 Å². The Morgan fingerprint density at radius 3 is 2.71 bits per heavy atom. The molecule has 1 aromatic rings. The highest BCUT2D eigenvalue weighted by molar-refractivity contribution is 5.98. The lowest BCUT2D eigenvalue weighted by Gasteiger charge is -2.29. The summed E-state index contributed by atoms with van der Waals surface area (Å²) in [5, 5.41) is 11.9. The van der Waals surface area contributed by atoms with Crippen molar-refractivity contribution in [3.05, 3.63) is 35.1 Å². The van der Waals surface area contributed by atoms with Crippen LogP contribution in [0, 0.1) is 5.82 Å². The summed E-state index contributed by atoms with van der Waals surface area (Å²) >= 11 is 0. The predicted molar refractivity (Wildman–Crippen MR) is 84.0 cm³/mol. The molecule has 0 aliphatic carbocycles. The van der Waals surface area contributed by atoms with Crippen molar-refractivity contribution in [2.75, 3.05) is 6.54 Å². The van der Waals surface area contributed by atoms with Gasteiger partial charge in [-0.2, -0.15) is 0 Å². The van der Waals surface area contributed by atoms with Crippen LogP contribution in [0.3, 0.4) is 0 Å². The quantitative estimate of drug-likeness (QED) is 0.335. The molecule has 0 aromatic heterocycles. The van der Waals surface area contributed by atoms with E-state index in [1.165, 1.54) is 12.1 Å². The third kappa shape index (κ3) is 5.01. The zero-order chi connectivity index (χ0) is 15.8. The van der Waals surface area contributed by atoms with Crippen molar-refractivity contribution < 1.29 is 9.60 Å². The average molecular weight is 295 g/mol. The van der Waals surface area contributed by atoms with Gasteiger partial charge >= 0.3 is 0 Å². The molecule has 3 N–H and O–H groups in total. The van der Waals surface area contributed by atoms with Gasteiger partial charge in [-0.1, -0.05) is 31.5 Å². The molecular formula is C16H26FN3O. The molecule has 4 nitrogen and oxygen atoms in total. The second-order valence-electron chi connectivity index (χ2n) is 5.37. The number of benzene rings is 1. The number of nitrogens with two attached hydrogens (primary N) is 1. The number of oxime groups is 1. The molecule has 0 saturated heterocycles. The second-order valence-corrected chi connectivity index (χ2v) is 5.37. The minimum Gasteiger partial charge on any atom is -0.409 e. The van der Waals surface area contributed by atoms with Gasteiger partial charge in [0.15, 0.2) is 5.84 Å². The SMILES string of the molecule is CCCCN(Cc1ccc(F)cc1C(N)=NO)C(C)CC. The van der Waals surface area contributed by atoms with Crippen LogP contribution in [-0.2, 0) is 6.54 Å². The fourth-order valence-electron chi connectivity index (χ4n) is 2.27. The van der Waals surface area contributed by atoms with Crippen LogP contribution in [0.15, 0.2) is 23.4 Å². The second kappa shape index (κ2) is 8.62. The van der Waals surface area contributed by atoms with E-state index in [4.69, 9.17) is 10.9 Å². The zero-order valence-corrected chi connectivity index (χ0v) is 13.1. The molecule has 21 heavy (non-hydrogen) atoms. The van der Waals surface area contributed by atoms with Crippen LogP contribution >= 0.6 is 0 Å². The third-order valence-corrected chi connectivity index (χ3v) is 3.84. The maximum atomic E-state index is 13.4. The van der Waals surface area contributed by atoms with E-state index in [9.17, 15) is 4.39 Å². The molecule has 0 radical (unpaired) electrons. The summed E-state index contributed by atoms with van der Waals surface area (Å²) in [7, 11) is 0. The van der Waals surface area contributed by atoms with Gasteiger partial charge in [-0.15, -0.1) is 0 Å². The first-order chi connectivity index (χ1) is 10.0. The van der Waals surface area contributed by atoms with Crippen molar-refractivity contribution in [3.8, 4) is 0 Å². The van der Waals surface area contributed by atoms with E-state index in [2.05, 4.69) is 30.8 Å². The van der Waals surface area contributed by atoms with Crippen LogP contribution in [-0.4, -0.2) is 28.5 Å². The molecule has 0 spiro atoms. The fraction of sp³-hybridized carbons (Fsp3) is 0.562. The van der Waals surface area contributed by atoms with Crippen molar-refractivity contribution >= 4 is 5.84 Å². The van der Waals surface area contributed by atoms with Gasteiger partial charge in [0.05, 0.1) is 0 Å². The van der Waals surface area contributed by atoms with E-state index in [1.54, 1.807) is 6.07 Å². The summed E-state index contributed by atoms with van der Waals surface area (Å²) in [5.74, 6) is -0.437. The highest BCUT2D eigenvalue weighted by Gasteiger charge is 2.16. The van der Waals surface area contributed by atoms with E-state index in [1.807, 2.05) is 0 Å². The molecule has 0 heterocycles. The minimum absolute atomic E-state index is 0.0518. The molecule has 1 unspecified atom stereocenters. The van der Waals surface area contributed by atoms with E-state index in [0.29, 0.717) is 18.2 Å². The molecule has 1 rings (SSSR count). The van der Waals surface area contributed by atoms with Crippen LogP contribution < -0.4 is 5.73 Å². The van der Waals surface area contributed by atoms with Crippen LogP contribution in [0.2, 0.25) is 0 Å². The Balaban J connectivity index is 3.02. The lowest BCUT2D eigenvalue weighted by molar-refractivity contribution is 0.192. The van der Waals surface area contributed by atoms with Gasteiger partial charge in [-0.25, -0.2) is 4.39 Å². The molecule has 0 saturated carbocycles. The van der Waals surface area contributed by atoms with Gasteiger partial charge in [0.1, 0.15) is 5.82 Å². The van der Waals surface area contributed by atoms with Gasteiger partial charge in [0.25, 0.3) is 0 Å². The Morgan fingerprint density at radius 1 is 1.43 bits per heavy atom. The number of hydrogen-bond donors (Lipinski definition) is 2. The summed E-state index contributed by atoms with van der Waals surface area (Å²) in [6, 6.07) is 4.88. The average Bonchev–Trinajstić information content (AvgIpc) is 2.50. The largest absolute Gasteiger partial charge is 0.409 e. The number of amidine groups is 1. The summed E-state index contributed by atoms with van der Waals surface area (Å²) in [5.41, 5.74) is 7.00. The Morgan fingerprint density at radius 2 is 2.14 bits per heavy atom. The maximum Gasteiger partial charge on any atom is 0.170 e. The highest BCUT2D eigenvalue weighted by Crippen LogP contribution is 2.17. The standard InChI is InChI=1S/C16H26FN3O/c1-4-6-9-20(12(3)5-2)11-13-7-8-14(17)10-15(13)16(18)19-21/h7-8,10,12,21H,4-6,9,11H2,1-3H3,(H2,18,19). The van der Waals surface area contributed by atoms with Crippen molar-refractivity contribution in [2.24, 2.45) is 10.9 Å². The Hall–Kier alpha value is -1.62. The Labute approximate surface area is 126 Å². The van der Waals surface area contributed by atoms with Crippen molar-refractivity contribution in [2.45, 2.75) is 52.6 Å². The summed E-state index contributed by atoms with van der Waals surface area (Å²) in [6.45, 7) is 8.15. The first-order valence-electron chi connectivity index (χ1n) is 7.53. The summed E-state index contributed by atoms with van der Waals surface area (Å²) < 4.78 is 13.4. The lowest BCUT2D eigenvalue weighted by atomic mass is 10.0. The van der Waals surface area contributed by atoms with Crippen molar-refractivity contribution in [1.29, 1.82) is 0 Å². The predicted octanol–water partition coefficient (Wildman–Crippen LogP) is 3.32. The van der Waals surface area contributed by atoms with Crippen LogP contribution in [0.25, 0.3) is 0 Å². The molecule has 118 valence electrons. The highest BCUT2D eigenvalue weighted by atomic mass is 19.1. The lowest BCUT2D eigenvalue weighted by Crippen LogP contribution is -2.34. The van der Waals surface area contributed by atoms with Crippen LogP contribution in [0.5, 0.6) is 0 Å². The molecule has 0 bridgehead atoms. The number of unbranched alkanes of at least 4 members (excludes halogenated alkanes) is 1. The number of nitrogens with zero attached hydrogens (tertiary/aromatic N) is 2.